The molecule has 2 rings (SSSR count). The van der Waals surface area contributed by atoms with Crippen LogP contribution < -0.4 is 10.1 Å². The molecule has 0 aliphatic rings. The van der Waals surface area contributed by atoms with Gasteiger partial charge in [0.25, 0.3) is 5.91 Å². The van der Waals surface area contributed by atoms with E-state index >= 15 is 0 Å². The topological polar surface area (TPSA) is 90.9 Å². The van der Waals surface area contributed by atoms with Gasteiger partial charge in [-0.25, -0.2) is 9.59 Å². The van der Waals surface area contributed by atoms with Crippen molar-refractivity contribution in [1.82, 2.24) is 0 Å². The van der Waals surface area contributed by atoms with Crippen LogP contribution in [0, 0.1) is 13.8 Å². The summed E-state index contributed by atoms with van der Waals surface area (Å²) in [5.41, 5.74) is 2.38. The zero-order chi connectivity index (χ0) is 21.6. The number of nitrogens with one attached hydrogen (secondary N) is 1. The fourth-order valence-corrected chi connectivity index (χ4v) is 2.70. The van der Waals surface area contributed by atoms with Gasteiger partial charge in [-0.05, 0) is 55.7 Å². The Bertz CT molecular complexity index is 922. The molecule has 2 aromatic carbocycles. The fourth-order valence-electron chi connectivity index (χ4n) is 2.70. The number of amides is 1. The highest BCUT2D eigenvalue weighted by Gasteiger charge is 2.23. The molecule has 1 amide bonds. The van der Waals surface area contributed by atoms with Gasteiger partial charge in [-0.2, -0.15) is 0 Å². The second kappa shape index (κ2) is 9.73. The Kier molecular flexibility index (Phi) is 7.36. The summed E-state index contributed by atoms with van der Waals surface area (Å²) in [6.07, 6.45) is -0.383. The van der Waals surface area contributed by atoms with Crippen LogP contribution in [0.1, 0.15) is 45.2 Å². The van der Waals surface area contributed by atoms with E-state index < -0.39 is 23.9 Å². The summed E-state index contributed by atoms with van der Waals surface area (Å²) in [6.45, 7) is 5.66. The molecule has 0 aliphatic heterocycles. The number of esters is 2. The van der Waals surface area contributed by atoms with Gasteiger partial charge in [0.05, 0.1) is 31.0 Å². The van der Waals surface area contributed by atoms with Crippen molar-refractivity contribution in [2.45, 2.75) is 33.3 Å². The van der Waals surface area contributed by atoms with E-state index in [9.17, 15) is 14.4 Å². The zero-order valence-electron chi connectivity index (χ0n) is 17.2. The first-order valence-electron chi connectivity index (χ1n) is 9.16. The highest BCUT2D eigenvalue weighted by atomic mass is 16.5. The lowest BCUT2D eigenvalue weighted by molar-refractivity contribution is -0.122. The van der Waals surface area contributed by atoms with Crippen LogP contribution in [0.2, 0.25) is 0 Å². The Morgan fingerprint density at radius 1 is 0.966 bits per heavy atom. The molecule has 7 heteroatoms. The summed E-state index contributed by atoms with van der Waals surface area (Å²) in [6, 6.07) is 9.95. The Hall–Kier alpha value is -3.35. The summed E-state index contributed by atoms with van der Waals surface area (Å²) >= 11 is 0. The maximum atomic E-state index is 12.9. The third-order valence-corrected chi connectivity index (χ3v) is 4.38. The Balaban J connectivity index is 2.31. The molecular weight excluding hydrogens is 374 g/mol. The van der Waals surface area contributed by atoms with Gasteiger partial charge in [-0.1, -0.05) is 19.1 Å². The molecule has 154 valence electrons. The van der Waals surface area contributed by atoms with Crippen molar-refractivity contribution < 1.29 is 28.6 Å². The zero-order valence-corrected chi connectivity index (χ0v) is 17.2. The molecule has 2 aromatic rings. The van der Waals surface area contributed by atoms with Crippen molar-refractivity contribution in [3.63, 3.8) is 0 Å². The van der Waals surface area contributed by atoms with Gasteiger partial charge in [0.2, 0.25) is 0 Å². The maximum Gasteiger partial charge on any atom is 0.339 e. The average molecular weight is 399 g/mol. The van der Waals surface area contributed by atoms with Gasteiger partial charge in [-0.3, -0.25) is 4.79 Å². The monoisotopic (exact) mass is 399 g/mol. The Morgan fingerprint density at radius 2 is 1.66 bits per heavy atom. The van der Waals surface area contributed by atoms with Gasteiger partial charge in [0.15, 0.2) is 6.10 Å². The van der Waals surface area contributed by atoms with Gasteiger partial charge < -0.3 is 19.5 Å². The largest absolute Gasteiger partial charge is 0.480 e. The van der Waals surface area contributed by atoms with Gasteiger partial charge in [-0.15, -0.1) is 0 Å². The van der Waals surface area contributed by atoms with E-state index in [1.165, 1.54) is 32.4 Å². The van der Waals surface area contributed by atoms with Crippen molar-refractivity contribution in [3.05, 3.63) is 58.7 Å². The third kappa shape index (κ3) is 5.34. The molecule has 0 aliphatic carbocycles. The van der Waals surface area contributed by atoms with E-state index in [1.54, 1.807) is 0 Å². The number of aryl methyl sites for hydroxylation is 2. The summed E-state index contributed by atoms with van der Waals surface area (Å²) < 4.78 is 15.4. The fraction of sp³-hybridized carbons (Fsp3) is 0.318. The average Bonchev–Trinajstić information content (AvgIpc) is 2.72. The van der Waals surface area contributed by atoms with E-state index in [0.29, 0.717) is 12.2 Å². The van der Waals surface area contributed by atoms with E-state index in [0.717, 1.165) is 11.1 Å². The van der Waals surface area contributed by atoms with Crippen molar-refractivity contribution in [1.29, 1.82) is 0 Å². The Labute approximate surface area is 170 Å². The maximum absolute atomic E-state index is 12.9. The molecule has 7 nitrogen and oxygen atoms in total. The second-order valence-corrected chi connectivity index (χ2v) is 6.52. The normalized spacial score (nSPS) is 11.3. The molecular formula is C22H25NO6. The highest BCUT2D eigenvalue weighted by molar-refractivity contribution is 6.04. The lowest BCUT2D eigenvalue weighted by Gasteiger charge is -2.20. The lowest BCUT2D eigenvalue weighted by atomic mass is 10.1. The number of hydrogen-bond acceptors (Lipinski definition) is 6. The van der Waals surface area contributed by atoms with Crippen LogP contribution in [-0.4, -0.2) is 38.2 Å². The highest BCUT2D eigenvalue weighted by Crippen LogP contribution is 2.23. The van der Waals surface area contributed by atoms with E-state index in [2.05, 4.69) is 5.32 Å². The molecule has 0 saturated heterocycles. The van der Waals surface area contributed by atoms with E-state index in [4.69, 9.17) is 14.2 Å². The number of methoxy groups -OCH3 is 2. The van der Waals surface area contributed by atoms with Gasteiger partial charge in [0, 0.05) is 0 Å². The predicted molar refractivity (Wildman–Crippen MR) is 108 cm³/mol. The summed E-state index contributed by atoms with van der Waals surface area (Å²) in [5.74, 6) is -1.06. The second-order valence-electron chi connectivity index (χ2n) is 6.52. The number of benzene rings is 2. The van der Waals surface area contributed by atoms with Crippen molar-refractivity contribution in [2.24, 2.45) is 0 Å². The molecule has 0 unspecified atom stereocenters. The van der Waals surface area contributed by atoms with Crippen LogP contribution in [0.25, 0.3) is 0 Å². The van der Waals surface area contributed by atoms with Crippen molar-refractivity contribution >= 4 is 23.5 Å². The molecule has 0 bridgehead atoms. The standard InChI is InChI=1S/C22H25NO6/c1-6-18(29-19-11-13(2)7-8-14(19)3)20(24)23-17-12-15(21(25)27-4)9-10-16(17)22(26)28-5/h7-12,18H,6H2,1-5H3,(H,23,24)/t18-/m0/s1. The molecule has 0 radical (unpaired) electrons. The number of anilines is 1. The van der Waals surface area contributed by atoms with E-state index in [-0.39, 0.29) is 16.8 Å². The summed E-state index contributed by atoms with van der Waals surface area (Å²) in [4.78, 5) is 36.7. The first-order chi connectivity index (χ1) is 13.8. The van der Waals surface area contributed by atoms with Crippen LogP contribution in [0.4, 0.5) is 5.69 Å². The minimum absolute atomic E-state index is 0.120. The summed E-state index contributed by atoms with van der Waals surface area (Å²) in [5, 5.41) is 2.68. The molecule has 0 spiro atoms. The molecule has 0 heterocycles. The molecule has 0 fully saturated rings. The molecule has 1 N–H and O–H groups in total. The number of carbonyl (C=O) groups is 3. The first-order valence-corrected chi connectivity index (χ1v) is 9.16. The van der Waals surface area contributed by atoms with Crippen molar-refractivity contribution in [2.75, 3.05) is 19.5 Å². The van der Waals surface area contributed by atoms with Crippen LogP contribution >= 0.6 is 0 Å². The number of ether oxygens (including phenoxy) is 3. The number of carbonyl (C=O) groups excluding carboxylic acids is 3. The minimum atomic E-state index is -0.789. The lowest BCUT2D eigenvalue weighted by Crippen LogP contribution is -2.33. The van der Waals surface area contributed by atoms with Crippen molar-refractivity contribution in [3.8, 4) is 5.75 Å². The molecule has 1 atom stereocenters. The van der Waals surface area contributed by atoms with Gasteiger partial charge in [0.1, 0.15) is 5.75 Å². The van der Waals surface area contributed by atoms with E-state index in [1.807, 2.05) is 39.0 Å². The number of rotatable bonds is 7. The smallest absolute Gasteiger partial charge is 0.339 e. The molecule has 0 aromatic heterocycles. The molecule has 0 saturated carbocycles. The molecule has 29 heavy (non-hydrogen) atoms. The first kappa shape index (κ1) is 21.9. The third-order valence-electron chi connectivity index (χ3n) is 4.38. The van der Waals surface area contributed by atoms with Crippen LogP contribution in [0.15, 0.2) is 36.4 Å². The predicted octanol–water partition coefficient (Wildman–Crippen LogP) is 3.67. The van der Waals surface area contributed by atoms with Crippen LogP contribution in [0.5, 0.6) is 5.75 Å². The van der Waals surface area contributed by atoms with Crippen LogP contribution in [-0.2, 0) is 14.3 Å². The minimum Gasteiger partial charge on any atom is -0.480 e. The number of hydrogen-bond donors (Lipinski definition) is 1. The summed E-state index contributed by atoms with van der Waals surface area (Å²) in [7, 11) is 2.49. The quantitative estimate of drug-likeness (QED) is 0.715. The SMILES string of the molecule is CC[C@H](Oc1cc(C)ccc1C)C(=O)Nc1cc(C(=O)OC)ccc1C(=O)OC. The van der Waals surface area contributed by atoms with Crippen LogP contribution in [0.3, 0.4) is 0 Å². The van der Waals surface area contributed by atoms with Gasteiger partial charge >= 0.3 is 11.9 Å². The Morgan fingerprint density at radius 3 is 2.28 bits per heavy atom.